The second kappa shape index (κ2) is 7.36. The molecule has 17 heavy (non-hydrogen) atoms. The Bertz CT molecular complexity index is 398. The third kappa shape index (κ3) is 8.78. The molecule has 0 heterocycles. The maximum atomic E-state index is 9.73. The molecule has 0 aromatic heterocycles. The topological polar surface area (TPSA) is 107 Å². The highest BCUT2D eigenvalue weighted by atomic mass is 32.3. The number of benzene rings is 1. The fourth-order valence-electron chi connectivity index (χ4n) is 1.10. The van der Waals surface area contributed by atoms with Crippen molar-refractivity contribution in [2.24, 2.45) is 0 Å². The van der Waals surface area contributed by atoms with Gasteiger partial charge in [0.2, 0.25) is 0 Å². The third-order valence-corrected chi connectivity index (χ3v) is 2.07. The van der Waals surface area contributed by atoms with E-state index in [1.165, 1.54) is 0 Å². The fourth-order valence-corrected chi connectivity index (χ4v) is 1.10. The zero-order chi connectivity index (χ0) is 13.5. The first-order valence-electron chi connectivity index (χ1n) is 4.86. The maximum Gasteiger partial charge on any atom is 0.394 e. The largest absolute Gasteiger partial charge is 0.394 e. The summed E-state index contributed by atoms with van der Waals surface area (Å²) < 4.78 is 31.6. The molecule has 7 heteroatoms. The lowest BCUT2D eigenvalue weighted by Gasteiger charge is -2.17. The van der Waals surface area contributed by atoms with Gasteiger partial charge in [0.1, 0.15) is 0 Å². The van der Waals surface area contributed by atoms with E-state index in [4.69, 9.17) is 17.5 Å². The molecule has 0 spiro atoms. The van der Waals surface area contributed by atoms with Crippen LogP contribution >= 0.6 is 0 Å². The van der Waals surface area contributed by atoms with Crippen molar-refractivity contribution in [1.29, 1.82) is 0 Å². The van der Waals surface area contributed by atoms with Gasteiger partial charge in [0.25, 0.3) is 0 Å². The summed E-state index contributed by atoms with van der Waals surface area (Å²) in [5.74, 6) is 0. The Kier molecular flexibility index (Phi) is 6.93. The predicted octanol–water partition coefficient (Wildman–Crippen LogP) is 0.675. The van der Waals surface area contributed by atoms with Crippen LogP contribution in [0.25, 0.3) is 0 Å². The zero-order valence-corrected chi connectivity index (χ0v) is 10.4. The normalized spacial score (nSPS) is 14.4. The fraction of sp³-hybridized carbons (Fsp3) is 0.400. The van der Waals surface area contributed by atoms with Gasteiger partial charge in [0, 0.05) is 6.04 Å². The van der Waals surface area contributed by atoms with E-state index in [1.807, 2.05) is 44.3 Å². The molecule has 0 unspecified atom stereocenters. The molecule has 1 aromatic carbocycles. The molecule has 0 aliphatic heterocycles. The molecule has 0 aliphatic carbocycles. The van der Waals surface area contributed by atoms with Crippen LogP contribution in [0.2, 0.25) is 0 Å². The van der Waals surface area contributed by atoms with Crippen LogP contribution in [0.1, 0.15) is 18.6 Å². The van der Waals surface area contributed by atoms with Crippen molar-refractivity contribution in [2.75, 3.05) is 7.05 Å². The number of aliphatic hydroxyl groups is 1. The van der Waals surface area contributed by atoms with E-state index in [2.05, 4.69) is 5.32 Å². The molecule has 6 nitrogen and oxygen atoms in total. The minimum absolute atomic E-state index is 0.0902. The lowest BCUT2D eigenvalue weighted by Crippen LogP contribution is -2.28. The highest BCUT2D eigenvalue weighted by Crippen LogP contribution is 2.15. The summed E-state index contributed by atoms with van der Waals surface area (Å²) in [5.41, 5.74) is 0.958. The van der Waals surface area contributed by atoms with E-state index >= 15 is 0 Å². The average Bonchev–Trinajstić information content (AvgIpc) is 2.26. The van der Waals surface area contributed by atoms with Gasteiger partial charge in [-0.1, -0.05) is 30.3 Å². The molecule has 1 rings (SSSR count). The lowest BCUT2D eigenvalue weighted by atomic mass is 10.0. The molecule has 0 radical (unpaired) electrons. The number of hydrogen-bond donors (Lipinski definition) is 4. The molecule has 0 saturated heterocycles. The van der Waals surface area contributed by atoms with Crippen LogP contribution in [0.4, 0.5) is 0 Å². The Balaban J connectivity index is 0.000000437. The highest BCUT2D eigenvalue weighted by molar-refractivity contribution is 7.79. The van der Waals surface area contributed by atoms with E-state index in [-0.39, 0.29) is 6.04 Å². The van der Waals surface area contributed by atoms with Gasteiger partial charge in [-0.15, -0.1) is 0 Å². The van der Waals surface area contributed by atoms with Crippen molar-refractivity contribution >= 4 is 10.4 Å². The van der Waals surface area contributed by atoms with Crippen molar-refractivity contribution in [3.05, 3.63) is 35.9 Å². The number of aliphatic hydroxyl groups excluding tert-OH is 1. The summed E-state index contributed by atoms with van der Waals surface area (Å²) >= 11 is 0. The zero-order valence-electron chi connectivity index (χ0n) is 9.61. The van der Waals surface area contributed by atoms with Crippen molar-refractivity contribution in [1.82, 2.24) is 5.32 Å². The van der Waals surface area contributed by atoms with Gasteiger partial charge in [0.05, 0.1) is 6.10 Å². The van der Waals surface area contributed by atoms with E-state index in [0.717, 1.165) is 5.56 Å². The van der Waals surface area contributed by atoms with Gasteiger partial charge in [-0.2, -0.15) is 8.42 Å². The quantitative estimate of drug-likeness (QED) is 0.597. The molecule has 1 aromatic rings. The summed E-state index contributed by atoms with van der Waals surface area (Å²) in [4.78, 5) is 0. The summed E-state index contributed by atoms with van der Waals surface area (Å²) in [6, 6.07) is 9.76. The Morgan fingerprint density at radius 3 is 1.94 bits per heavy atom. The standard InChI is InChI=1S/C10H15NO.H2O4S/c1-8(11-2)10(12)9-6-4-3-5-7-9;1-5(2,3)4/h3-8,10-12H,1-2H3;(H2,1,2,3,4)/t8-,10-;/m1./s1. The molecule has 0 bridgehead atoms. The summed E-state index contributed by atoms with van der Waals surface area (Å²) in [5, 5.41) is 12.7. The molecule has 0 fully saturated rings. The van der Waals surface area contributed by atoms with E-state index in [0.29, 0.717) is 0 Å². The monoisotopic (exact) mass is 263 g/mol. The van der Waals surface area contributed by atoms with Gasteiger partial charge in [-0.25, -0.2) is 0 Å². The van der Waals surface area contributed by atoms with Crippen LogP contribution in [0, 0.1) is 0 Å². The van der Waals surface area contributed by atoms with Crippen LogP contribution in [0.3, 0.4) is 0 Å². The number of nitrogens with one attached hydrogen (secondary N) is 1. The first kappa shape index (κ1) is 16.0. The lowest BCUT2D eigenvalue weighted by molar-refractivity contribution is 0.140. The number of rotatable bonds is 3. The first-order chi connectivity index (χ1) is 7.75. The summed E-state index contributed by atoms with van der Waals surface area (Å²) in [6.45, 7) is 1.96. The Morgan fingerprint density at radius 1 is 1.18 bits per heavy atom. The minimum atomic E-state index is -4.67. The van der Waals surface area contributed by atoms with Gasteiger partial charge >= 0.3 is 10.4 Å². The van der Waals surface area contributed by atoms with E-state index in [1.54, 1.807) is 0 Å². The Morgan fingerprint density at radius 2 is 1.59 bits per heavy atom. The van der Waals surface area contributed by atoms with Crippen LogP contribution in [0.15, 0.2) is 30.3 Å². The molecule has 4 N–H and O–H groups in total. The summed E-state index contributed by atoms with van der Waals surface area (Å²) in [6.07, 6.45) is -0.420. The third-order valence-electron chi connectivity index (χ3n) is 2.07. The van der Waals surface area contributed by atoms with E-state index < -0.39 is 16.5 Å². The van der Waals surface area contributed by atoms with Crippen molar-refractivity contribution in [3.8, 4) is 0 Å². The molecule has 0 aliphatic rings. The summed E-state index contributed by atoms with van der Waals surface area (Å²) in [7, 11) is -2.82. The molecule has 98 valence electrons. The average molecular weight is 263 g/mol. The van der Waals surface area contributed by atoms with Gasteiger partial charge in [-0.05, 0) is 19.5 Å². The molecule has 2 atom stereocenters. The highest BCUT2D eigenvalue weighted by Gasteiger charge is 2.12. The number of hydrogen-bond acceptors (Lipinski definition) is 4. The van der Waals surface area contributed by atoms with Gasteiger partial charge in [0.15, 0.2) is 0 Å². The van der Waals surface area contributed by atoms with Crippen LogP contribution in [-0.4, -0.2) is 35.7 Å². The maximum absolute atomic E-state index is 9.73. The van der Waals surface area contributed by atoms with Crippen LogP contribution < -0.4 is 5.32 Å². The van der Waals surface area contributed by atoms with Crippen LogP contribution in [0.5, 0.6) is 0 Å². The van der Waals surface area contributed by atoms with Gasteiger partial charge < -0.3 is 10.4 Å². The minimum Gasteiger partial charge on any atom is -0.387 e. The molecular weight excluding hydrogens is 246 g/mol. The smallest absolute Gasteiger partial charge is 0.387 e. The first-order valence-corrected chi connectivity index (χ1v) is 6.25. The number of likely N-dealkylation sites (N-methyl/N-ethyl adjacent to an activating group) is 1. The van der Waals surface area contributed by atoms with Gasteiger partial charge in [-0.3, -0.25) is 9.11 Å². The molecule has 0 amide bonds. The molecule has 0 saturated carbocycles. The predicted molar refractivity (Wildman–Crippen MR) is 64.1 cm³/mol. The van der Waals surface area contributed by atoms with Crippen LogP contribution in [-0.2, 0) is 10.4 Å². The van der Waals surface area contributed by atoms with E-state index in [9.17, 15) is 5.11 Å². The molecular formula is C10H17NO5S. The Labute approximate surface area is 101 Å². The van der Waals surface area contributed by atoms with Crippen molar-refractivity contribution < 1.29 is 22.6 Å². The SMILES string of the molecule is CN[C@H](C)[C@@H](O)c1ccccc1.O=S(=O)(O)O. The Hall–Kier alpha value is -0.990. The second-order valence-electron chi connectivity index (χ2n) is 3.38. The van der Waals surface area contributed by atoms with Crippen molar-refractivity contribution in [3.63, 3.8) is 0 Å². The van der Waals surface area contributed by atoms with Crippen molar-refractivity contribution in [2.45, 2.75) is 19.1 Å². The second-order valence-corrected chi connectivity index (χ2v) is 4.28.